The molecule has 0 fully saturated rings. The Labute approximate surface area is 107 Å². The first-order valence-corrected chi connectivity index (χ1v) is 6.10. The van der Waals surface area contributed by atoms with Crippen LogP contribution in [-0.2, 0) is 0 Å². The van der Waals surface area contributed by atoms with Gasteiger partial charge in [0, 0.05) is 11.1 Å². The third-order valence-electron chi connectivity index (χ3n) is 2.18. The van der Waals surface area contributed by atoms with E-state index in [-0.39, 0.29) is 0 Å². The van der Waals surface area contributed by atoms with Crippen LogP contribution in [0, 0.1) is 11.3 Å². The molecule has 3 nitrogen and oxygen atoms in total. The minimum absolute atomic E-state index is 0.414. The number of ether oxygens (including phenoxy) is 2. The van der Waals surface area contributed by atoms with Crippen molar-refractivity contribution in [3.8, 4) is 17.6 Å². The van der Waals surface area contributed by atoms with Crippen LogP contribution in [0.15, 0.2) is 12.1 Å². The van der Waals surface area contributed by atoms with Crippen molar-refractivity contribution in [1.29, 1.82) is 5.26 Å². The number of hydrogen-bond acceptors (Lipinski definition) is 3. The normalized spacial score (nSPS) is 9.76. The zero-order valence-electron chi connectivity index (χ0n) is 10.1. The summed E-state index contributed by atoms with van der Waals surface area (Å²) < 4.78 is 11.0. The summed E-state index contributed by atoms with van der Waals surface area (Å²) in [6.45, 7) is 5.05. The van der Waals surface area contributed by atoms with Gasteiger partial charge in [0.05, 0.1) is 18.8 Å². The minimum Gasteiger partial charge on any atom is -0.490 e. The van der Waals surface area contributed by atoms with Crippen LogP contribution in [0.25, 0.3) is 0 Å². The molecule has 1 aromatic rings. The molecule has 0 N–H and O–H groups in total. The first-order chi connectivity index (χ1) is 8.22. The fourth-order valence-electron chi connectivity index (χ4n) is 1.38. The van der Waals surface area contributed by atoms with Gasteiger partial charge in [-0.3, -0.25) is 0 Å². The Morgan fingerprint density at radius 2 is 2.06 bits per heavy atom. The molecule has 0 unspecified atom stereocenters. The molecular formula is C13H16ClNO2. The van der Waals surface area contributed by atoms with Gasteiger partial charge in [0.2, 0.25) is 0 Å². The van der Waals surface area contributed by atoms with Crippen LogP contribution < -0.4 is 9.47 Å². The van der Waals surface area contributed by atoms with Crippen LogP contribution in [0.5, 0.6) is 11.5 Å². The molecular weight excluding hydrogens is 238 g/mol. The fraction of sp³-hybridized carbons (Fsp3) is 0.462. The van der Waals surface area contributed by atoms with E-state index in [0.717, 1.165) is 12.8 Å². The molecule has 0 aliphatic heterocycles. The first kappa shape index (κ1) is 13.7. The van der Waals surface area contributed by atoms with Gasteiger partial charge >= 0.3 is 0 Å². The predicted molar refractivity (Wildman–Crippen MR) is 67.7 cm³/mol. The Morgan fingerprint density at radius 1 is 1.29 bits per heavy atom. The van der Waals surface area contributed by atoms with E-state index in [4.69, 9.17) is 26.3 Å². The smallest absolute Gasteiger partial charge is 0.179 e. The molecule has 0 radical (unpaired) electrons. The monoisotopic (exact) mass is 253 g/mol. The Kier molecular flexibility index (Phi) is 5.65. The Bertz CT molecular complexity index is 413. The zero-order chi connectivity index (χ0) is 12.7. The van der Waals surface area contributed by atoms with Crippen LogP contribution in [-0.4, -0.2) is 13.2 Å². The summed E-state index contributed by atoms with van der Waals surface area (Å²) >= 11 is 5.91. The zero-order valence-corrected chi connectivity index (χ0v) is 10.9. The number of nitriles is 1. The van der Waals surface area contributed by atoms with Crippen LogP contribution in [0.4, 0.5) is 0 Å². The summed E-state index contributed by atoms with van der Waals surface area (Å²) in [5.74, 6) is 1.03. The van der Waals surface area contributed by atoms with E-state index < -0.39 is 0 Å². The van der Waals surface area contributed by atoms with Crippen LogP contribution in [0.3, 0.4) is 0 Å². The summed E-state index contributed by atoms with van der Waals surface area (Å²) in [5, 5.41) is 9.53. The lowest BCUT2D eigenvalue weighted by Gasteiger charge is -2.13. The highest BCUT2D eigenvalue weighted by Gasteiger charge is 2.12. The molecule has 92 valence electrons. The van der Waals surface area contributed by atoms with Gasteiger partial charge in [-0.2, -0.15) is 5.26 Å². The van der Waals surface area contributed by atoms with Gasteiger partial charge in [0.15, 0.2) is 11.5 Å². The molecule has 0 heterocycles. The molecule has 17 heavy (non-hydrogen) atoms. The largest absolute Gasteiger partial charge is 0.490 e. The SMILES string of the molecule is CCCCOc1c(C#N)cc(Cl)cc1OCC. The van der Waals surface area contributed by atoms with E-state index in [9.17, 15) is 0 Å². The van der Waals surface area contributed by atoms with Gasteiger partial charge in [0.25, 0.3) is 0 Å². The van der Waals surface area contributed by atoms with Crippen LogP contribution in [0.2, 0.25) is 5.02 Å². The van der Waals surface area contributed by atoms with Crippen molar-refractivity contribution in [2.24, 2.45) is 0 Å². The van der Waals surface area contributed by atoms with E-state index in [2.05, 4.69) is 13.0 Å². The summed E-state index contributed by atoms with van der Waals surface area (Å²) in [6.07, 6.45) is 1.98. The molecule has 0 aliphatic rings. The van der Waals surface area contributed by atoms with Crippen molar-refractivity contribution in [2.75, 3.05) is 13.2 Å². The van der Waals surface area contributed by atoms with Crippen LogP contribution in [0.1, 0.15) is 32.3 Å². The number of halogens is 1. The predicted octanol–water partition coefficient (Wildman–Crippen LogP) is 3.79. The lowest BCUT2D eigenvalue weighted by Crippen LogP contribution is -2.02. The van der Waals surface area contributed by atoms with E-state index in [1.54, 1.807) is 12.1 Å². The molecule has 0 spiro atoms. The molecule has 4 heteroatoms. The van der Waals surface area contributed by atoms with Gasteiger partial charge in [-0.15, -0.1) is 0 Å². The second kappa shape index (κ2) is 7.03. The maximum atomic E-state index is 9.05. The van der Waals surface area contributed by atoms with Crippen molar-refractivity contribution in [2.45, 2.75) is 26.7 Å². The Balaban J connectivity index is 3.00. The lowest BCUT2D eigenvalue weighted by atomic mass is 10.2. The van der Waals surface area contributed by atoms with Gasteiger partial charge in [-0.25, -0.2) is 0 Å². The standard InChI is InChI=1S/C13H16ClNO2/c1-3-5-6-17-13-10(9-15)7-11(14)8-12(13)16-4-2/h7-8H,3-6H2,1-2H3. The Hall–Kier alpha value is -1.40. The van der Waals surface area contributed by atoms with Crippen molar-refractivity contribution in [1.82, 2.24) is 0 Å². The average molecular weight is 254 g/mol. The van der Waals surface area contributed by atoms with Gasteiger partial charge in [-0.05, 0) is 19.4 Å². The first-order valence-electron chi connectivity index (χ1n) is 5.72. The Morgan fingerprint density at radius 3 is 2.65 bits per heavy atom. The molecule has 0 aromatic heterocycles. The van der Waals surface area contributed by atoms with Crippen LogP contribution >= 0.6 is 11.6 Å². The second-order valence-electron chi connectivity index (χ2n) is 3.53. The van der Waals surface area contributed by atoms with E-state index in [0.29, 0.717) is 35.3 Å². The highest BCUT2D eigenvalue weighted by Crippen LogP contribution is 2.34. The summed E-state index contributed by atoms with van der Waals surface area (Å²) in [5.41, 5.74) is 0.414. The molecule has 0 aliphatic carbocycles. The molecule has 0 amide bonds. The second-order valence-corrected chi connectivity index (χ2v) is 3.96. The molecule has 0 bridgehead atoms. The highest BCUT2D eigenvalue weighted by atomic mass is 35.5. The molecule has 0 saturated heterocycles. The van der Waals surface area contributed by atoms with Crippen molar-refractivity contribution in [3.05, 3.63) is 22.7 Å². The topological polar surface area (TPSA) is 42.2 Å². The van der Waals surface area contributed by atoms with Crippen molar-refractivity contribution >= 4 is 11.6 Å². The molecule has 0 atom stereocenters. The highest BCUT2D eigenvalue weighted by molar-refractivity contribution is 6.30. The third-order valence-corrected chi connectivity index (χ3v) is 2.40. The quantitative estimate of drug-likeness (QED) is 0.725. The molecule has 1 aromatic carbocycles. The number of rotatable bonds is 6. The lowest BCUT2D eigenvalue weighted by molar-refractivity contribution is 0.272. The van der Waals surface area contributed by atoms with Gasteiger partial charge < -0.3 is 9.47 Å². The van der Waals surface area contributed by atoms with E-state index in [1.807, 2.05) is 6.92 Å². The van der Waals surface area contributed by atoms with Crippen molar-refractivity contribution in [3.63, 3.8) is 0 Å². The number of benzene rings is 1. The fourth-order valence-corrected chi connectivity index (χ4v) is 1.59. The van der Waals surface area contributed by atoms with E-state index >= 15 is 0 Å². The minimum atomic E-state index is 0.414. The summed E-state index contributed by atoms with van der Waals surface area (Å²) in [6, 6.07) is 5.34. The maximum Gasteiger partial charge on any atom is 0.179 e. The molecule has 1 rings (SSSR count). The maximum absolute atomic E-state index is 9.05. The van der Waals surface area contributed by atoms with Gasteiger partial charge in [-0.1, -0.05) is 24.9 Å². The van der Waals surface area contributed by atoms with E-state index in [1.165, 1.54) is 0 Å². The molecule has 0 saturated carbocycles. The third kappa shape index (κ3) is 3.83. The number of hydrogen-bond donors (Lipinski definition) is 0. The number of nitrogens with zero attached hydrogens (tertiary/aromatic N) is 1. The van der Waals surface area contributed by atoms with Gasteiger partial charge in [0.1, 0.15) is 6.07 Å². The summed E-state index contributed by atoms with van der Waals surface area (Å²) in [7, 11) is 0. The summed E-state index contributed by atoms with van der Waals surface area (Å²) in [4.78, 5) is 0. The van der Waals surface area contributed by atoms with Crippen molar-refractivity contribution < 1.29 is 9.47 Å². The average Bonchev–Trinajstić information content (AvgIpc) is 2.31. The number of unbranched alkanes of at least 4 members (excludes halogenated alkanes) is 1.